The van der Waals surface area contributed by atoms with E-state index in [1.165, 1.54) is 23.3 Å². The molecule has 1 unspecified atom stereocenters. The van der Waals surface area contributed by atoms with Gasteiger partial charge in [0.15, 0.2) is 0 Å². The molecule has 0 saturated heterocycles. The number of pyridine rings is 1. The number of fused-ring (bicyclic) bond motifs is 1. The molecule has 3 heterocycles. The lowest BCUT2D eigenvalue weighted by Crippen LogP contribution is -2.13. The Hall–Kier alpha value is -3.31. The molecule has 0 spiro atoms. The van der Waals surface area contributed by atoms with Crippen molar-refractivity contribution in [3.63, 3.8) is 0 Å². The van der Waals surface area contributed by atoms with Crippen molar-refractivity contribution >= 4 is 0 Å². The Morgan fingerprint density at radius 2 is 1.65 bits per heavy atom. The molecule has 5 rings (SSSR count). The van der Waals surface area contributed by atoms with Crippen LogP contribution in [-0.2, 0) is 23.2 Å². The van der Waals surface area contributed by atoms with Gasteiger partial charge in [0, 0.05) is 29.9 Å². The van der Waals surface area contributed by atoms with Crippen LogP contribution in [0.3, 0.4) is 0 Å². The highest BCUT2D eigenvalue weighted by molar-refractivity contribution is 5.79. The summed E-state index contributed by atoms with van der Waals surface area (Å²) >= 11 is 0. The van der Waals surface area contributed by atoms with Crippen LogP contribution in [-0.4, -0.2) is 21.1 Å². The minimum atomic E-state index is -0.247. The normalized spacial score (nSPS) is 15.5. The molecule has 34 heavy (non-hydrogen) atoms. The van der Waals surface area contributed by atoms with Crippen LogP contribution in [0, 0.1) is 5.82 Å². The summed E-state index contributed by atoms with van der Waals surface area (Å²) in [4.78, 5) is 9.16. The fourth-order valence-electron chi connectivity index (χ4n) is 4.64. The first-order chi connectivity index (χ1) is 16.4. The van der Waals surface area contributed by atoms with Gasteiger partial charge in [0.2, 0.25) is 0 Å². The monoisotopic (exact) mass is 455 g/mol. The maximum atomic E-state index is 13.6. The molecule has 4 aromatic rings. The van der Waals surface area contributed by atoms with E-state index in [0.717, 1.165) is 41.2 Å². The highest BCUT2D eigenvalue weighted by atomic mass is 19.1. The molecule has 1 aliphatic heterocycles. The first-order valence-corrected chi connectivity index (χ1v) is 11.8. The van der Waals surface area contributed by atoms with E-state index in [1.54, 1.807) is 24.5 Å². The van der Waals surface area contributed by atoms with E-state index in [0.29, 0.717) is 13.2 Å². The van der Waals surface area contributed by atoms with Gasteiger partial charge in [0.1, 0.15) is 11.6 Å². The van der Waals surface area contributed by atoms with Gasteiger partial charge in [0.05, 0.1) is 30.6 Å². The Balaban J connectivity index is 1.39. The Morgan fingerprint density at radius 3 is 2.32 bits per heavy atom. The quantitative estimate of drug-likeness (QED) is 0.323. The summed E-state index contributed by atoms with van der Waals surface area (Å²) in [6.45, 7) is 7.87. The number of aryl methyl sites for hydroxylation is 1. The second-order valence-electron chi connectivity index (χ2n) is 9.99. The molecule has 0 saturated carbocycles. The summed E-state index contributed by atoms with van der Waals surface area (Å²) in [6, 6.07) is 19.5. The van der Waals surface area contributed by atoms with E-state index >= 15 is 0 Å². The fourth-order valence-corrected chi connectivity index (χ4v) is 4.64. The number of hydrogen-bond acceptors (Lipinski definition) is 3. The van der Waals surface area contributed by atoms with E-state index in [9.17, 15) is 4.39 Å². The lowest BCUT2D eigenvalue weighted by molar-refractivity contribution is 0.0925. The Morgan fingerprint density at radius 1 is 0.941 bits per heavy atom. The molecule has 0 radical (unpaired) electrons. The molecule has 2 aromatic heterocycles. The number of halogens is 1. The molecule has 0 N–H and O–H groups in total. The zero-order chi connectivity index (χ0) is 23.7. The summed E-state index contributed by atoms with van der Waals surface area (Å²) in [5, 5.41) is 0. The second-order valence-corrected chi connectivity index (χ2v) is 9.99. The minimum Gasteiger partial charge on any atom is -0.375 e. The number of imidazole rings is 1. The predicted molar refractivity (Wildman–Crippen MR) is 133 cm³/mol. The molecule has 0 bridgehead atoms. The predicted octanol–water partition coefficient (Wildman–Crippen LogP) is 6.75. The first kappa shape index (κ1) is 22.5. The van der Waals surface area contributed by atoms with Gasteiger partial charge in [0.25, 0.3) is 0 Å². The molecular weight excluding hydrogens is 425 g/mol. The summed E-state index contributed by atoms with van der Waals surface area (Å²) in [7, 11) is 0. The molecule has 0 fully saturated rings. The Kier molecular flexibility index (Phi) is 6.05. The van der Waals surface area contributed by atoms with Crippen LogP contribution in [0.4, 0.5) is 4.39 Å². The maximum absolute atomic E-state index is 13.6. The van der Waals surface area contributed by atoms with E-state index in [4.69, 9.17) is 9.72 Å². The van der Waals surface area contributed by atoms with Crippen molar-refractivity contribution in [3.05, 3.63) is 95.8 Å². The number of benzene rings is 2. The van der Waals surface area contributed by atoms with Crippen LogP contribution < -0.4 is 0 Å². The standard InChI is InChI=1S/C29H30FN3O/c1-29(2,3)23-8-4-20(5-9-23)18-34-19-25-12-13-26-32-27(21-6-10-24(30)11-7-21)28(33(25)26)22-14-16-31-17-15-22/h4-11,14-17,25H,12-13,18-19H2,1-3H3. The second kappa shape index (κ2) is 9.15. The van der Waals surface area contributed by atoms with Crippen LogP contribution in [0.1, 0.15) is 50.2 Å². The molecule has 1 aliphatic rings. The lowest BCUT2D eigenvalue weighted by Gasteiger charge is -2.20. The van der Waals surface area contributed by atoms with Crippen LogP contribution in [0.5, 0.6) is 0 Å². The van der Waals surface area contributed by atoms with Crippen LogP contribution >= 0.6 is 0 Å². The average Bonchev–Trinajstić information content (AvgIpc) is 3.40. The molecular formula is C29H30FN3O. The van der Waals surface area contributed by atoms with E-state index in [-0.39, 0.29) is 17.3 Å². The number of ether oxygens (including phenoxy) is 1. The summed E-state index contributed by atoms with van der Waals surface area (Å²) < 4.78 is 22.1. The molecule has 174 valence electrons. The maximum Gasteiger partial charge on any atom is 0.123 e. The number of hydrogen-bond donors (Lipinski definition) is 0. The van der Waals surface area contributed by atoms with E-state index < -0.39 is 0 Å². The number of aromatic nitrogens is 3. The highest BCUT2D eigenvalue weighted by Crippen LogP contribution is 2.39. The fraction of sp³-hybridized carbons (Fsp3) is 0.310. The van der Waals surface area contributed by atoms with Crippen LogP contribution in [0.25, 0.3) is 22.5 Å². The van der Waals surface area contributed by atoms with Crippen LogP contribution in [0.15, 0.2) is 73.1 Å². The van der Waals surface area contributed by atoms with E-state index in [2.05, 4.69) is 54.6 Å². The topological polar surface area (TPSA) is 39.9 Å². The van der Waals surface area contributed by atoms with Crippen molar-refractivity contribution in [2.75, 3.05) is 6.61 Å². The average molecular weight is 456 g/mol. The highest BCUT2D eigenvalue weighted by Gasteiger charge is 2.30. The van der Waals surface area contributed by atoms with E-state index in [1.807, 2.05) is 12.1 Å². The summed E-state index contributed by atoms with van der Waals surface area (Å²) in [6.07, 6.45) is 5.48. The zero-order valence-electron chi connectivity index (χ0n) is 20.0. The molecule has 4 nitrogen and oxygen atoms in total. The van der Waals surface area contributed by atoms with Crippen molar-refractivity contribution in [2.24, 2.45) is 0 Å². The van der Waals surface area contributed by atoms with Crippen molar-refractivity contribution in [2.45, 2.75) is 51.7 Å². The van der Waals surface area contributed by atoms with Crippen molar-refractivity contribution in [3.8, 4) is 22.5 Å². The number of rotatable bonds is 6. The summed E-state index contributed by atoms with van der Waals surface area (Å²) in [5.41, 5.74) is 6.54. The molecule has 0 aliphatic carbocycles. The third kappa shape index (κ3) is 4.53. The molecule has 2 aromatic carbocycles. The number of nitrogens with zero attached hydrogens (tertiary/aromatic N) is 3. The van der Waals surface area contributed by atoms with Crippen molar-refractivity contribution in [1.82, 2.24) is 14.5 Å². The van der Waals surface area contributed by atoms with Gasteiger partial charge in [-0.3, -0.25) is 4.98 Å². The van der Waals surface area contributed by atoms with Gasteiger partial charge in [-0.15, -0.1) is 0 Å². The SMILES string of the molecule is CC(C)(C)c1ccc(COCC2CCc3nc(-c4ccc(F)cc4)c(-c4ccncc4)n32)cc1. The van der Waals surface area contributed by atoms with Crippen LogP contribution in [0.2, 0.25) is 0 Å². The lowest BCUT2D eigenvalue weighted by atomic mass is 9.87. The molecule has 1 atom stereocenters. The van der Waals surface area contributed by atoms with Gasteiger partial charge in [-0.25, -0.2) is 9.37 Å². The van der Waals surface area contributed by atoms with Gasteiger partial charge >= 0.3 is 0 Å². The summed E-state index contributed by atoms with van der Waals surface area (Å²) in [5.74, 6) is 0.803. The Labute approximate surface area is 200 Å². The van der Waals surface area contributed by atoms with Crippen molar-refractivity contribution in [1.29, 1.82) is 0 Å². The van der Waals surface area contributed by atoms with Crippen molar-refractivity contribution < 1.29 is 9.13 Å². The smallest absolute Gasteiger partial charge is 0.123 e. The zero-order valence-corrected chi connectivity index (χ0v) is 20.0. The van der Waals surface area contributed by atoms with Gasteiger partial charge in [-0.2, -0.15) is 0 Å². The molecule has 5 heteroatoms. The largest absolute Gasteiger partial charge is 0.375 e. The third-order valence-electron chi connectivity index (χ3n) is 6.52. The Bertz CT molecular complexity index is 1260. The van der Waals surface area contributed by atoms with Gasteiger partial charge in [-0.1, -0.05) is 45.0 Å². The van der Waals surface area contributed by atoms with Gasteiger partial charge < -0.3 is 9.30 Å². The first-order valence-electron chi connectivity index (χ1n) is 11.8. The third-order valence-corrected chi connectivity index (χ3v) is 6.52. The molecule has 0 amide bonds. The van der Waals surface area contributed by atoms with Gasteiger partial charge in [-0.05, 0) is 59.4 Å². The minimum absolute atomic E-state index is 0.145.